The Morgan fingerprint density at radius 2 is 1.92 bits per heavy atom. The van der Waals surface area contributed by atoms with E-state index in [1.807, 2.05) is 6.92 Å². The smallest absolute Gasteiger partial charge is 0.139 e. The molecule has 0 aliphatic heterocycles. The fourth-order valence-corrected chi connectivity index (χ4v) is 3.71. The summed E-state index contributed by atoms with van der Waals surface area (Å²) in [5.41, 5.74) is 3.69. The number of anilines is 1. The molecule has 0 atom stereocenters. The molecule has 2 N–H and O–H groups in total. The summed E-state index contributed by atoms with van der Waals surface area (Å²) in [7, 11) is 0. The molecule has 0 spiro atoms. The fourth-order valence-electron chi connectivity index (χ4n) is 2.72. The Hall–Kier alpha value is -1.98. The molecule has 5 heteroatoms. The second-order valence-electron chi connectivity index (χ2n) is 6.23. The van der Waals surface area contributed by atoms with Crippen molar-refractivity contribution in [1.82, 2.24) is 9.97 Å². The quantitative estimate of drug-likeness (QED) is 0.644. The highest BCUT2D eigenvalue weighted by atomic mass is 32.1. The summed E-state index contributed by atoms with van der Waals surface area (Å²) in [6.07, 6.45) is 0.701. The number of nitrogens with one attached hydrogen (secondary N) is 1. The van der Waals surface area contributed by atoms with Gasteiger partial charge >= 0.3 is 0 Å². The zero-order chi connectivity index (χ0) is 17.1. The maximum Gasteiger partial charge on any atom is 0.139 e. The number of fused-ring (bicyclic) bond motifs is 1. The second-order valence-corrected chi connectivity index (χ2v) is 7.09. The van der Waals surface area contributed by atoms with Gasteiger partial charge in [-0.1, -0.05) is 38.1 Å². The molecular weight excluding hydrogens is 318 g/mol. The van der Waals surface area contributed by atoms with Crippen LogP contribution < -0.4 is 5.32 Å². The molecule has 0 saturated heterocycles. The third-order valence-electron chi connectivity index (χ3n) is 4.06. The molecule has 2 aromatic heterocycles. The SMILES string of the molecule is Cc1nc(NCCCO)c2c(-c3ccc(C(C)C)cc3)csc2n1. The lowest BCUT2D eigenvalue weighted by Gasteiger charge is -2.10. The van der Waals surface area contributed by atoms with Gasteiger partial charge in [0.15, 0.2) is 0 Å². The molecule has 0 fully saturated rings. The number of nitrogens with zero attached hydrogens (tertiary/aromatic N) is 2. The van der Waals surface area contributed by atoms with E-state index in [1.165, 1.54) is 11.1 Å². The monoisotopic (exact) mass is 341 g/mol. The van der Waals surface area contributed by atoms with Gasteiger partial charge in [0.25, 0.3) is 0 Å². The highest BCUT2D eigenvalue weighted by molar-refractivity contribution is 7.17. The number of thiophene rings is 1. The summed E-state index contributed by atoms with van der Waals surface area (Å²) in [6, 6.07) is 8.73. The van der Waals surface area contributed by atoms with Crippen LogP contribution in [0.15, 0.2) is 29.6 Å². The van der Waals surface area contributed by atoms with Crippen LogP contribution in [0.3, 0.4) is 0 Å². The summed E-state index contributed by atoms with van der Waals surface area (Å²) in [5.74, 6) is 2.15. The molecule has 2 heterocycles. The van der Waals surface area contributed by atoms with E-state index in [0.29, 0.717) is 18.9 Å². The molecule has 24 heavy (non-hydrogen) atoms. The molecule has 126 valence electrons. The van der Waals surface area contributed by atoms with Gasteiger partial charge in [0, 0.05) is 24.1 Å². The fraction of sp³-hybridized carbons (Fsp3) is 0.368. The zero-order valence-corrected chi connectivity index (χ0v) is 15.2. The van der Waals surface area contributed by atoms with E-state index < -0.39 is 0 Å². The van der Waals surface area contributed by atoms with E-state index in [0.717, 1.165) is 27.4 Å². The van der Waals surface area contributed by atoms with Crippen molar-refractivity contribution in [3.8, 4) is 11.1 Å². The van der Waals surface area contributed by atoms with Crippen LogP contribution in [0.5, 0.6) is 0 Å². The predicted molar refractivity (Wildman–Crippen MR) is 102 cm³/mol. The summed E-state index contributed by atoms with van der Waals surface area (Å²) in [6.45, 7) is 7.19. The van der Waals surface area contributed by atoms with Crippen molar-refractivity contribution in [3.05, 3.63) is 41.0 Å². The minimum atomic E-state index is 0.174. The van der Waals surface area contributed by atoms with E-state index in [2.05, 4.69) is 58.8 Å². The highest BCUT2D eigenvalue weighted by Crippen LogP contribution is 2.37. The van der Waals surface area contributed by atoms with Gasteiger partial charge in [-0.3, -0.25) is 0 Å². The zero-order valence-electron chi connectivity index (χ0n) is 14.3. The van der Waals surface area contributed by atoms with Crippen LogP contribution in [-0.4, -0.2) is 28.2 Å². The normalized spacial score (nSPS) is 11.4. The van der Waals surface area contributed by atoms with Gasteiger partial charge in [0.2, 0.25) is 0 Å². The van der Waals surface area contributed by atoms with Crippen molar-refractivity contribution in [2.75, 3.05) is 18.5 Å². The van der Waals surface area contributed by atoms with E-state index in [9.17, 15) is 0 Å². The van der Waals surface area contributed by atoms with Crippen LogP contribution in [0.2, 0.25) is 0 Å². The molecular formula is C19H23N3OS. The summed E-state index contributed by atoms with van der Waals surface area (Å²) < 4.78 is 0. The van der Waals surface area contributed by atoms with Crippen molar-refractivity contribution in [1.29, 1.82) is 0 Å². The lowest BCUT2D eigenvalue weighted by Crippen LogP contribution is -2.06. The number of benzene rings is 1. The molecule has 3 aromatic rings. The molecule has 4 nitrogen and oxygen atoms in total. The first-order valence-electron chi connectivity index (χ1n) is 8.31. The predicted octanol–water partition coefficient (Wildman–Crippen LogP) is 4.58. The van der Waals surface area contributed by atoms with Gasteiger partial charge in [-0.25, -0.2) is 9.97 Å². The lowest BCUT2D eigenvalue weighted by molar-refractivity contribution is 0.292. The molecule has 3 rings (SSSR count). The topological polar surface area (TPSA) is 58.0 Å². The Balaban J connectivity index is 2.04. The van der Waals surface area contributed by atoms with Gasteiger partial charge in [0.05, 0.1) is 5.39 Å². The van der Waals surface area contributed by atoms with Crippen molar-refractivity contribution >= 4 is 27.4 Å². The van der Waals surface area contributed by atoms with Gasteiger partial charge in [-0.2, -0.15) is 0 Å². The molecule has 0 unspecified atom stereocenters. The third-order valence-corrected chi connectivity index (χ3v) is 4.93. The number of hydrogen-bond donors (Lipinski definition) is 2. The molecule has 0 amide bonds. The van der Waals surface area contributed by atoms with Crippen LogP contribution in [0.25, 0.3) is 21.3 Å². The Morgan fingerprint density at radius 1 is 1.17 bits per heavy atom. The Labute approximate surface area is 146 Å². The second kappa shape index (κ2) is 7.28. The van der Waals surface area contributed by atoms with E-state index in [4.69, 9.17) is 5.11 Å². The molecule has 0 bridgehead atoms. The standard InChI is InChI=1S/C19H23N3OS/c1-12(2)14-5-7-15(8-6-14)16-11-24-19-17(16)18(20-9-4-10-23)21-13(3)22-19/h5-8,11-12,23H,4,9-10H2,1-3H3,(H,20,21,22). The largest absolute Gasteiger partial charge is 0.396 e. The van der Waals surface area contributed by atoms with E-state index in [-0.39, 0.29) is 6.61 Å². The number of aliphatic hydroxyl groups is 1. The van der Waals surface area contributed by atoms with Crippen LogP contribution in [-0.2, 0) is 0 Å². The molecule has 0 aliphatic rings. The number of aliphatic hydroxyl groups excluding tert-OH is 1. The van der Waals surface area contributed by atoms with Crippen molar-refractivity contribution in [2.24, 2.45) is 0 Å². The average Bonchev–Trinajstić information content (AvgIpc) is 2.99. The molecule has 0 saturated carbocycles. The van der Waals surface area contributed by atoms with Crippen LogP contribution in [0.4, 0.5) is 5.82 Å². The number of rotatable bonds is 6. The van der Waals surface area contributed by atoms with Gasteiger partial charge in [0.1, 0.15) is 16.5 Å². The average molecular weight is 341 g/mol. The summed E-state index contributed by atoms with van der Waals surface area (Å²) in [5, 5.41) is 15.6. The lowest BCUT2D eigenvalue weighted by atomic mass is 9.99. The first-order valence-corrected chi connectivity index (χ1v) is 9.19. The van der Waals surface area contributed by atoms with Gasteiger partial charge < -0.3 is 10.4 Å². The Bertz CT molecular complexity index is 824. The van der Waals surface area contributed by atoms with Crippen molar-refractivity contribution < 1.29 is 5.11 Å². The number of aryl methyl sites for hydroxylation is 1. The minimum absolute atomic E-state index is 0.174. The molecule has 1 aromatic carbocycles. The van der Waals surface area contributed by atoms with Crippen molar-refractivity contribution in [3.63, 3.8) is 0 Å². The van der Waals surface area contributed by atoms with Crippen LogP contribution >= 0.6 is 11.3 Å². The Morgan fingerprint density at radius 3 is 2.58 bits per heavy atom. The van der Waals surface area contributed by atoms with E-state index in [1.54, 1.807) is 11.3 Å². The number of hydrogen-bond acceptors (Lipinski definition) is 5. The summed E-state index contributed by atoms with van der Waals surface area (Å²) in [4.78, 5) is 10.2. The minimum Gasteiger partial charge on any atom is -0.396 e. The first-order chi connectivity index (χ1) is 11.6. The first kappa shape index (κ1) is 16.9. The maximum atomic E-state index is 9.00. The maximum absolute atomic E-state index is 9.00. The highest BCUT2D eigenvalue weighted by Gasteiger charge is 2.14. The van der Waals surface area contributed by atoms with Crippen molar-refractivity contribution in [2.45, 2.75) is 33.1 Å². The van der Waals surface area contributed by atoms with E-state index >= 15 is 0 Å². The summed E-state index contributed by atoms with van der Waals surface area (Å²) >= 11 is 1.65. The van der Waals surface area contributed by atoms with Crippen LogP contribution in [0, 0.1) is 6.92 Å². The van der Waals surface area contributed by atoms with Crippen LogP contribution in [0.1, 0.15) is 37.6 Å². The van der Waals surface area contributed by atoms with Gasteiger partial charge in [-0.15, -0.1) is 11.3 Å². The molecule has 0 aliphatic carbocycles. The number of aromatic nitrogens is 2. The van der Waals surface area contributed by atoms with Gasteiger partial charge in [-0.05, 0) is 30.4 Å². The molecule has 0 radical (unpaired) electrons. The third kappa shape index (κ3) is 3.42. The Kier molecular flexibility index (Phi) is 5.11.